The Morgan fingerprint density at radius 2 is 2.41 bits per heavy atom. The van der Waals surface area contributed by atoms with Crippen molar-refractivity contribution in [1.29, 1.82) is 0 Å². The molecule has 1 unspecified atom stereocenters. The van der Waals surface area contributed by atoms with Crippen LogP contribution in [-0.2, 0) is 0 Å². The molecule has 0 radical (unpaired) electrons. The summed E-state index contributed by atoms with van der Waals surface area (Å²) in [7, 11) is 0. The number of carboxylic acids is 1. The van der Waals surface area contributed by atoms with Gasteiger partial charge in [-0.25, -0.2) is 9.78 Å². The van der Waals surface area contributed by atoms with Gasteiger partial charge in [0.2, 0.25) is 0 Å². The standard InChI is InChI=1S/C10H12N4O3/c15-6-4-12-10(13-5-6)14-8-7(9(16)17)2-1-3-11-8/h1-3,6,15H,4-5H2,(H,16,17)(H2,11,12,13,14). The first-order chi connectivity index (χ1) is 8.16. The second-order valence-corrected chi connectivity index (χ2v) is 3.55. The van der Waals surface area contributed by atoms with Gasteiger partial charge in [-0.2, -0.15) is 0 Å². The number of β-amino-alcohol motifs (C(OH)–C–C–N with tert-alkyl or cyclic N) is 1. The maximum absolute atomic E-state index is 10.9. The Kier molecular flexibility index (Phi) is 3.20. The first-order valence-corrected chi connectivity index (χ1v) is 5.08. The van der Waals surface area contributed by atoms with E-state index in [0.29, 0.717) is 12.5 Å². The molecule has 1 aromatic heterocycles. The average molecular weight is 236 g/mol. The van der Waals surface area contributed by atoms with Crippen molar-refractivity contribution in [2.75, 3.05) is 18.4 Å². The molecule has 1 aliphatic rings. The second-order valence-electron chi connectivity index (χ2n) is 3.55. The Balaban J connectivity index is 2.16. The molecule has 2 heterocycles. The molecular weight excluding hydrogens is 224 g/mol. The third-order valence-electron chi connectivity index (χ3n) is 2.24. The fraction of sp³-hybridized carbons (Fsp3) is 0.300. The number of hydrogen-bond donors (Lipinski definition) is 4. The van der Waals surface area contributed by atoms with Gasteiger partial charge in [-0.3, -0.25) is 4.99 Å². The second kappa shape index (κ2) is 4.79. The van der Waals surface area contributed by atoms with E-state index in [9.17, 15) is 9.90 Å². The summed E-state index contributed by atoms with van der Waals surface area (Å²) < 4.78 is 0. The molecule has 0 amide bonds. The van der Waals surface area contributed by atoms with Crippen LogP contribution in [0.4, 0.5) is 5.82 Å². The highest BCUT2D eigenvalue weighted by Gasteiger charge is 2.15. The summed E-state index contributed by atoms with van der Waals surface area (Å²) in [5.74, 6) is -0.420. The lowest BCUT2D eigenvalue weighted by atomic mass is 10.2. The highest BCUT2D eigenvalue weighted by atomic mass is 16.4. The van der Waals surface area contributed by atoms with E-state index < -0.39 is 12.1 Å². The number of aliphatic hydroxyl groups is 1. The van der Waals surface area contributed by atoms with Crippen molar-refractivity contribution in [3.8, 4) is 0 Å². The maximum atomic E-state index is 10.9. The molecule has 1 aromatic rings. The number of aliphatic imine (C=N–C) groups is 1. The average Bonchev–Trinajstić information content (AvgIpc) is 2.32. The zero-order valence-corrected chi connectivity index (χ0v) is 8.92. The summed E-state index contributed by atoms with van der Waals surface area (Å²) in [5.41, 5.74) is 0.0723. The van der Waals surface area contributed by atoms with Gasteiger partial charge < -0.3 is 20.8 Å². The van der Waals surface area contributed by atoms with Crippen molar-refractivity contribution in [3.63, 3.8) is 0 Å². The Bertz CT molecular complexity index is 461. The largest absolute Gasteiger partial charge is 0.478 e. The van der Waals surface area contributed by atoms with E-state index in [2.05, 4.69) is 20.6 Å². The van der Waals surface area contributed by atoms with Crippen LogP contribution in [0.15, 0.2) is 23.3 Å². The molecule has 0 fully saturated rings. The first-order valence-electron chi connectivity index (χ1n) is 5.08. The van der Waals surface area contributed by atoms with Crippen LogP contribution < -0.4 is 10.6 Å². The monoisotopic (exact) mass is 236 g/mol. The van der Waals surface area contributed by atoms with Gasteiger partial charge in [0.05, 0.1) is 12.6 Å². The third kappa shape index (κ3) is 2.70. The zero-order valence-electron chi connectivity index (χ0n) is 8.92. The number of carboxylic acid groups (broad SMARTS) is 1. The third-order valence-corrected chi connectivity index (χ3v) is 2.24. The predicted octanol–water partition coefficient (Wildman–Crippen LogP) is -0.488. The van der Waals surface area contributed by atoms with Crippen LogP contribution in [0, 0.1) is 0 Å². The number of anilines is 1. The quantitative estimate of drug-likeness (QED) is 0.552. The SMILES string of the molecule is O=C(O)c1cccnc1NC1=NCC(O)CN1. The minimum absolute atomic E-state index is 0.0723. The van der Waals surface area contributed by atoms with Crippen molar-refractivity contribution >= 4 is 17.7 Å². The molecule has 7 heteroatoms. The summed E-state index contributed by atoms with van der Waals surface area (Å²) in [6.45, 7) is 0.658. The molecule has 4 N–H and O–H groups in total. The molecule has 0 aromatic carbocycles. The van der Waals surface area contributed by atoms with Crippen molar-refractivity contribution in [2.45, 2.75) is 6.10 Å². The van der Waals surface area contributed by atoms with E-state index in [1.807, 2.05) is 0 Å². The molecule has 0 saturated heterocycles. The molecule has 1 aliphatic heterocycles. The lowest BCUT2D eigenvalue weighted by Crippen LogP contribution is -2.42. The number of hydrogen-bond acceptors (Lipinski definition) is 6. The summed E-state index contributed by atoms with van der Waals surface area (Å²) in [5, 5.41) is 23.8. The van der Waals surface area contributed by atoms with Gasteiger partial charge in [0.25, 0.3) is 0 Å². The highest BCUT2D eigenvalue weighted by molar-refractivity contribution is 6.00. The van der Waals surface area contributed by atoms with Crippen LogP contribution in [0.3, 0.4) is 0 Å². The lowest BCUT2D eigenvalue weighted by Gasteiger charge is -2.19. The number of aromatic nitrogens is 1. The molecule has 1 atom stereocenters. The Hall–Kier alpha value is -2.15. The number of pyridine rings is 1. The number of aliphatic hydroxyl groups excluding tert-OH is 1. The smallest absolute Gasteiger partial charge is 0.339 e. The van der Waals surface area contributed by atoms with Crippen molar-refractivity contribution in [3.05, 3.63) is 23.9 Å². The normalized spacial score (nSPS) is 19.1. The van der Waals surface area contributed by atoms with Crippen molar-refractivity contribution < 1.29 is 15.0 Å². The molecule has 0 aliphatic carbocycles. The van der Waals surface area contributed by atoms with E-state index in [4.69, 9.17) is 5.11 Å². The number of nitrogens with zero attached hydrogens (tertiary/aromatic N) is 2. The Labute approximate surface area is 97.2 Å². The topological polar surface area (TPSA) is 107 Å². The number of aromatic carboxylic acids is 1. The van der Waals surface area contributed by atoms with Crippen LogP contribution in [0.1, 0.15) is 10.4 Å². The van der Waals surface area contributed by atoms with E-state index >= 15 is 0 Å². The van der Waals surface area contributed by atoms with Crippen LogP contribution >= 0.6 is 0 Å². The molecular formula is C10H12N4O3. The fourth-order valence-electron chi connectivity index (χ4n) is 1.40. The predicted molar refractivity (Wildman–Crippen MR) is 61.1 cm³/mol. The van der Waals surface area contributed by atoms with Crippen LogP contribution in [0.5, 0.6) is 0 Å². The molecule has 0 saturated carbocycles. The molecule has 2 rings (SSSR count). The summed E-state index contributed by atoms with van der Waals surface area (Å²) >= 11 is 0. The fourth-order valence-corrected chi connectivity index (χ4v) is 1.40. The van der Waals surface area contributed by atoms with Crippen LogP contribution in [0.2, 0.25) is 0 Å². The minimum Gasteiger partial charge on any atom is -0.478 e. The molecule has 0 spiro atoms. The lowest BCUT2D eigenvalue weighted by molar-refractivity contribution is 0.0697. The highest BCUT2D eigenvalue weighted by Crippen LogP contribution is 2.11. The van der Waals surface area contributed by atoms with Crippen molar-refractivity contribution in [1.82, 2.24) is 10.3 Å². The van der Waals surface area contributed by atoms with Gasteiger partial charge in [0, 0.05) is 12.7 Å². The van der Waals surface area contributed by atoms with Crippen molar-refractivity contribution in [2.24, 2.45) is 4.99 Å². The van der Waals surface area contributed by atoms with Crippen LogP contribution in [-0.4, -0.2) is 46.3 Å². The van der Waals surface area contributed by atoms with Gasteiger partial charge in [-0.05, 0) is 12.1 Å². The number of carbonyl (C=O) groups is 1. The van der Waals surface area contributed by atoms with Gasteiger partial charge in [0.15, 0.2) is 5.96 Å². The molecule has 7 nitrogen and oxygen atoms in total. The van der Waals surface area contributed by atoms with Gasteiger partial charge in [-0.15, -0.1) is 0 Å². The zero-order chi connectivity index (χ0) is 12.3. The summed E-state index contributed by atoms with van der Waals surface area (Å²) in [6, 6.07) is 3.00. The molecule has 90 valence electrons. The maximum Gasteiger partial charge on any atom is 0.339 e. The van der Waals surface area contributed by atoms with E-state index in [-0.39, 0.29) is 17.9 Å². The Morgan fingerprint density at radius 1 is 1.59 bits per heavy atom. The van der Waals surface area contributed by atoms with Crippen LogP contribution in [0.25, 0.3) is 0 Å². The number of guanidine groups is 1. The minimum atomic E-state index is -1.06. The molecule has 17 heavy (non-hydrogen) atoms. The summed E-state index contributed by atoms with van der Waals surface area (Å²) in [6.07, 6.45) is 0.982. The number of rotatable bonds is 2. The van der Waals surface area contributed by atoms with E-state index in [0.717, 1.165) is 0 Å². The summed E-state index contributed by atoms with van der Waals surface area (Å²) in [4.78, 5) is 18.9. The molecule has 0 bridgehead atoms. The van der Waals surface area contributed by atoms with E-state index in [1.54, 1.807) is 6.07 Å². The van der Waals surface area contributed by atoms with Gasteiger partial charge in [0.1, 0.15) is 11.4 Å². The number of nitrogens with one attached hydrogen (secondary N) is 2. The van der Waals surface area contributed by atoms with Gasteiger partial charge >= 0.3 is 5.97 Å². The Morgan fingerprint density at radius 3 is 3.06 bits per heavy atom. The van der Waals surface area contributed by atoms with Gasteiger partial charge in [-0.1, -0.05) is 0 Å². The van der Waals surface area contributed by atoms with E-state index in [1.165, 1.54) is 12.3 Å². The first kappa shape index (κ1) is 11.3.